The summed E-state index contributed by atoms with van der Waals surface area (Å²) in [5.74, 6) is 1.19. The highest BCUT2D eigenvalue weighted by atomic mass is 32.1. The van der Waals surface area contributed by atoms with Gasteiger partial charge in [-0.2, -0.15) is 0 Å². The molecule has 8 heteroatoms. The highest BCUT2D eigenvalue weighted by Crippen LogP contribution is 2.43. The molecule has 9 aromatic carbocycles. The number of para-hydroxylation sites is 2. The van der Waals surface area contributed by atoms with Crippen molar-refractivity contribution >= 4 is 65.2 Å². The molecule has 14 aromatic rings. The zero-order chi connectivity index (χ0) is 46.8. The molecule has 7 nitrogen and oxygen atoms in total. The Morgan fingerprint density at radius 2 is 0.761 bits per heavy atom. The van der Waals surface area contributed by atoms with Crippen molar-refractivity contribution in [3.05, 3.63) is 237 Å². The molecule has 0 unspecified atom stereocenters. The smallest absolute Gasteiger partial charge is 0.235 e. The summed E-state index contributed by atoms with van der Waals surface area (Å²) in [6.45, 7) is 0. The molecule has 0 saturated heterocycles. The van der Waals surface area contributed by atoms with Gasteiger partial charge >= 0.3 is 0 Å². The van der Waals surface area contributed by atoms with Crippen molar-refractivity contribution in [2.24, 2.45) is 0 Å². The van der Waals surface area contributed by atoms with Gasteiger partial charge in [-0.1, -0.05) is 194 Å². The Labute approximate surface area is 412 Å². The summed E-state index contributed by atoms with van der Waals surface area (Å²) in [7, 11) is 0. The van der Waals surface area contributed by atoms with Crippen molar-refractivity contribution in [1.82, 2.24) is 34.1 Å². The van der Waals surface area contributed by atoms with Gasteiger partial charge in [-0.3, -0.25) is 9.13 Å². The molecule has 0 atom stereocenters. The van der Waals surface area contributed by atoms with Gasteiger partial charge in [-0.05, 0) is 48.0 Å². The maximum atomic E-state index is 5.37. The predicted molar refractivity (Wildman–Crippen MR) is 292 cm³/mol. The van der Waals surface area contributed by atoms with Crippen LogP contribution >= 0.6 is 11.3 Å². The molecule has 71 heavy (non-hydrogen) atoms. The summed E-state index contributed by atoms with van der Waals surface area (Å²) in [6.07, 6.45) is 0. The van der Waals surface area contributed by atoms with Crippen LogP contribution in [0.25, 0.3) is 132 Å². The van der Waals surface area contributed by atoms with Crippen LogP contribution in [-0.2, 0) is 0 Å². The largest absolute Gasteiger partial charge is 0.278 e. The molecule has 0 aliphatic carbocycles. The van der Waals surface area contributed by atoms with Crippen molar-refractivity contribution in [2.75, 3.05) is 0 Å². The molecule has 0 fully saturated rings. The predicted octanol–water partition coefficient (Wildman–Crippen LogP) is 16.1. The number of fused-ring (bicyclic) bond motifs is 7. The van der Waals surface area contributed by atoms with E-state index in [1.165, 1.54) is 0 Å². The number of hydrogen-bond acceptors (Lipinski definition) is 6. The topological polar surface area (TPSA) is 74.3 Å². The number of aromatic nitrogens is 7. The number of hydrogen-bond donors (Lipinski definition) is 0. The van der Waals surface area contributed by atoms with Crippen molar-refractivity contribution in [3.8, 4) is 78.6 Å². The summed E-state index contributed by atoms with van der Waals surface area (Å²) < 4.78 is 5.59. The third-order valence-electron chi connectivity index (χ3n) is 13.4. The van der Waals surface area contributed by atoms with Gasteiger partial charge in [0.15, 0.2) is 0 Å². The van der Waals surface area contributed by atoms with E-state index in [1.54, 1.807) is 11.3 Å². The minimum Gasteiger partial charge on any atom is -0.278 e. The molecule has 0 amide bonds. The molecular weight excluding hydrogens is 887 g/mol. The molecule has 332 valence electrons. The monoisotopic (exact) mass is 925 g/mol. The molecule has 0 aliphatic heterocycles. The minimum atomic E-state index is 0.586. The SMILES string of the molecule is c1ccc(-c2cc(-c3ccccc3)nc(-n3c4ccc(-c5cccc6c7ccccc7n(-c7nc(-c8ccccc8)cc(-c8ccccc8)n7)c56)cc4c4cc5sc(-c6ccccc6)nc5cc43)n2)cc1. The Balaban J connectivity index is 1.04. The first-order valence-electron chi connectivity index (χ1n) is 23.7. The molecule has 0 spiro atoms. The van der Waals surface area contributed by atoms with Crippen LogP contribution in [0.3, 0.4) is 0 Å². The van der Waals surface area contributed by atoms with Crippen LogP contribution in [0, 0.1) is 0 Å². The summed E-state index contributed by atoms with van der Waals surface area (Å²) in [5, 5.41) is 5.40. The highest BCUT2D eigenvalue weighted by molar-refractivity contribution is 7.21. The Kier molecular flexibility index (Phi) is 9.57. The Hall–Kier alpha value is -9.37. The Morgan fingerprint density at radius 1 is 0.296 bits per heavy atom. The van der Waals surface area contributed by atoms with Gasteiger partial charge in [-0.25, -0.2) is 24.9 Å². The number of rotatable bonds is 8. The fraction of sp³-hybridized carbons (Fsp3) is 0. The lowest BCUT2D eigenvalue weighted by molar-refractivity contribution is 0.995. The molecule has 0 bridgehead atoms. The van der Waals surface area contributed by atoms with E-state index >= 15 is 0 Å². The maximum Gasteiger partial charge on any atom is 0.235 e. The Morgan fingerprint density at radius 3 is 1.32 bits per heavy atom. The Bertz CT molecular complexity index is 4200. The summed E-state index contributed by atoms with van der Waals surface area (Å²) in [6, 6.07) is 82.6. The van der Waals surface area contributed by atoms with Gasteiger partial charge in [0, 0.05) is 54.9 Å². The van der Waals surface area contributed by atoms with Crippen LogP contribution in [0.4, 0.5) is 0 Å². The molecule has 0 saturated carbocycles. The zero-order valence-corrected chi connectivity index (χ0v) is 38.9. The van der Waals surface area contributed by atoms with E-state index in [4.69, 9.17) is 24.9 Å². The number of thiazole rings is 1. The van der Waals surface area contributed by atoms with Gasteiger partial charge in [0.2, 0.25) is 11.9 Å². The van der Waals surface area contributed by atoms with Gasteiger partial charge < -0.3 is 0 Å². The molecular formula is C63H39N7S. The first-order chi connectivity index (χ1) is 35.2. The zero-order valence-electron chi connectivity index (χ0n) is 38.1. The van der Waals surface area contributed by atoms with Crippen molar-refractivity contribution < 1.29 is 0 Å². The van der Waals surface area contributed by atoms with Crippen LogP contribution in [-0.4, -0.2) is 34.1 Å². The highest BCUT2D eigenvalue weighted by Gasteiger charge is 2.23. The molecule has 5 heterocycles. The van der Waals surface area contributed by atoms with E-state index < -0.39 is 0 Å². The van der Waals surface area contributed by atoms with Gasteiger partial charge in [0.25, 0.3) is 0 Å². The minimum absolute atomic E-state index is 0.586. The van der Waals surface area contributed by atoms with Gasteiger partial charge in [0.05, 0.1) is 55.1 Å². The lowest BCUT2D eigenvalue weighted by atomic mass is 10.00. The summed E-state index contributed by atoms with van der Waals surface area (Å²) in [5.41, 5.74) is 15.7. The standard InChI is InChI=1S/C63H39N7S/c1-6-19-40(20-7-1)51-37-52(41-21-8-2-9-22-41)66-62(65-51)69-57-34-33-45(35-49(57)50-36-59-55(39-58(50)69)64-61(71-59)44-27-14-5-15-28-44)46-30-18-31-48-47-29-16-17-32-56(47)70(60(46)48)63-67-53(42-23-10-3-11-24-42)38-54(68-63)43-25-12-4-13-26-43/h1-39H. The number of benzene rings is 9. The van der Waals surface area contributed by atoms with Crippen molar-refractivity contribution in [2.45, 2.75) is 0 Å². The molecule has 0 aliphatic rings. The third-order valence-corrected chi connectivity index (χ3v) is 14.5. The van der Waals surface area contributed by atoms with Crippen LogP contribution in [0.1, 0.15) is 0 Å². The summed E-state index contributed by atoms with van der Waals surface area (Å²) >= 11 is 1.71. The van der Waals surface area contributed by atoms with Gasteiger partial charge in [-0.15, -0.1) is 11.3 Å². The molecule has 0 radical (unpaired) electrons. The first kappa shape index (κ1) is 40.7. The van der Waals surface area contributed by atoms with E-state index in [0.717, 1.165) is 121 Å². The lowest BCUT2D eigenvalue weighted by Crippen LogP contribution is -2.04. The third kappa shape index (κ3) is 6.99. The second kappa shape index (κ2) is 16.7. The van der Waals surface area contributed by atoms with E-state index in [1.807, 2.05) is 30.3 Å². The first-order valence-corrected chi connectivity index (χ1v) is 24.5. The normalized spacial score (nSPS) is 11.7. The quantitative estimate of drug-likeness (QED) is 0.152. The van der Waals surface area contributed by atoms with E-state index in [-0.39, 0.29) is 0 Å². The summed E-state index contributed by atoms with van der Waals surface area (Å²) in [4.78, 5) is 26.7. The molecule has 14 rings (SSSR count). The number of nitrogens with zero attached hydrogens (tertiary/aromatic N) is 7. The van der Waals surface area contributed by atoms with Gasteiger partial charge in [0.1, 0.15) is 5.01 Å². The van der Waals surface area contributed by atoms with Crippen LogP contribution < -0.4 is 0 Å². The van der Waals surface area contributed by atoms with E-state index in [9.17, 15) is 0 Å². The fourth-order valence-electron chi connectivity index (χ4n) is 10.1. The maximum absolute atomic E-state index is 5.37. The average molecular weight is 926 g/mol. The molecule has 5 aromatic heterocycles. The van der Waals surface area contributed by atoms with Crippen molar-refractivity contribution in [3.63, 3.8) is 0 Å². The van der Waals surface area contributed by atoms with E-state index in [0.29, 0.717) is 11.9 Å². The second-order valence-corrected chi connectivity index (χ2v) is 18.7. The fourth-order valence-corrected chi connectivity index (χ4v) is 11.1. The van der Waals surface area contributed by atoms with E-state index in [2.05, 4.69) is 215 Å². The second-order valence-electron chi connectivity index (χ2n) is 17.7. The van der Waals surface area contributed by atoms with Crippen LogP contribution in [0.5, 0.6) is 0 Å². The molecule has 0 N–H and O–H groups in total. The lowest BCUT2D eigenvalue weighted by Gasteiger charge is -2.14. The average Bonchev–Trinajstić information content (AvgIpc) is 4.13. The van der Waals surface area contributed by atoms with Crippen molar-refractivity contribution in [1.29, 1.82) is 0 Å². The van der Waals surface area contributed by atoms with Crippen LogP contribution in [0.15, 0.2) is 237 Å². The van der Waals surface area contributed by atoms with Crippen LogP contribution in [0.2, 0.25) is 0 Å².